The van der Waals surface area contributed by atoms with Crippen LogP contribution in [0, 0.1) is 5.82 Å². The van der Waals surface area contributed by atoms with Gasteiger partial charge in [-0.25, -0.2) is 18.9 Å². The summed E-state index contributed by atoms with van der Waals surface area (Å²) in [6.45, 7) is 4.00. The first-order chi connectivity index (χ1) is 19.2. The summed E-state index contributed by atoms with van der Waals surface area (Å²) in [6.07, 6.45) is 1.63. The van der Waals surface area contributed by atoms with Crippen molar-refractivity contribution < 1.29 is 9.18 Å². The highest BCUT2D eigenvalue weighted by molar-refractivity contribution is 6.33. The number of fused-ring (bicyclic) bond motifs is 1. The fourth-order valence-electron chi connectivity index (χ4n) is 4.35. The van der Waals surface area contributed by atoms with Crippen LogP contribution in [0.25, 0.3) is 27.7 Å². The molecule has 2 aromatic carbocycles. The van der Waals surface area contributed by atoms with Crippen LogP contribution >= 0.6 is 11.6 Å². The number of nitrogens with zero attached hydrogens (tertiary/aromatic N) is 4. The van der Waals surface area contributed by atoms with E-state index in [1.807, 2.05) is 44.2 Å². The number of hydrogen-bond donors (Lipinski definition) is 3. The van der Waals surface area contributed by atoms with E-state index in [2.05, 4.69) is 26.0 Å². The maximum absolute atomic E-state index is 15.0. The van der Waals surface area contributed by atoms with Crippen molar-refractivity contribution in [1.29, 1.82) is 0 Å². The molecule has 0 aliphatic carbocycles. The van der Waals surface area contributed by atoms with Crippen LogP contribution in [0.1, 0.15) is 25.5 Å². The highest BCUT2D eigenvalue weighted by Crippen LogP contribution is 2.33. The summed E-state index contributed by atoms with van der Waals surface area (Å²) >= 11 is 6.39. The summed E-state index contributed by atoms with van der Waals surface area (Å²) in [5.74, 6) is 0.399. The van der Waals surface area contributed by atoms with Gasteiger partial charge in [-0.1, -0.05) is 43.6 Å². The molecule has 0 bridgehead atoms. The normalized spacial score (nSPS) is 11.2. The monoisotopic (exact) mass is 559 g/mol. The van der Waals surface area contributed by atoms with E-state index in [0.717, 1.165) is 17.4 Å². The van der Waals surface area contributed by atoms with Crippen LogP contribution in [0.15, 0.2) is 71.7 Å². The van der Waals surface area contributed by atoms with E-state index in [1.54, 1.807) is 43.2 Å². The van der Waals surface area contributed by atoms with E-state index < -0.39 is 11.8 Å². The standard InChI is InChI=1S/C29H27ClFN7O2/c1-16(2)23-13-27(38(36-23)18-8-6-5-7-9-18)35-29(40)34-24-11-19(21(30)12-22(24)31)20-10-17-15-33-26(32-3)14-25(17)37(4)28(20)39/h5-16H,1-4H3,(H,32,33)(H2,34,35,40). The Morgan fingerprint density at radius 3 is 2.48 bits per heavy atom. The quantitative estimate of drug-likeness (QED) is 0.224. The summed E-state index contributed by atoms with van der Waals surface area (Å²) in [4.78, 5) is 30.6. The lowest BCUT2D eigenvalue weighted by Gasteiger charge is -2.14. The van der Waals surface area contributed by atoms with E-state index in [-0.39, 0.29) is 33.3 Å². The number of anilines is 3. The number of para-hydroxylation sites is 1. The second kappa shape index (κ2) is 10.8. The minimum atomic E-state index is -0.749. The largest absolute Gasteiger partial charge is 0.373 e. The molecule has 0 radical (unpaired) electrons. The molecule has 3 N–H and O–H groups in total. The van der Waals surface area contributed by atoms with Crippen LogP contribution in [0.5, 0.6) is 0 Å². The van der Waals surface area contributed by atoms with Gasteiger partial charge in [-0.3, -0.25) is 10.1 Å². The zero-order chi connectivity index (χ0) is 28.6. The molecule has 3 heterocycles. The van der Waals surface area contributed by atoms with Crippen LogP contribution in [0.4, 0.5) is 26.5 Å². The molecule has 5 aromatic rings. The summed E-state index contributed by atoms with van der Waals surface area (Å²) in [6, 6.07) is 16.3. The Hall–Kier alpha value is -4.70. The maximum atomic E-state index is 15.0. The van der Waals surface area contributed by atoms with Crippen molar-refractivity contribution in [2.24, 2.45) is 7.05 Å². The molecule has 0 spiro atoms. The van der Waals surface area contributed by atoms with E-state index >= 15 is 0 Å². The third kappa shape index (κ3) is 5.13. The van der Waals surface area contributed by atoms with Gasteiger partial charge in [0.1, 0.15) is 17.5 Å². The minimum Gasteiger partial charge on any atom is -0.373 e. The molecular formula is C29H27ClFN7O2. The van der Waals surface area contributed by atoms with Crippen molar-refractivity contribution in [3.63, 3.8) is 0 Å². The Balaban J connectivity index is 1.49. The third-order valence-corrected chi connectivity index (χ3v) is 6.83. The van der Waals surface area contributed by atoms with Crippen molar-refractivity contribution in [1.82, 2.24) is 19.3 Å². The van der Waals surface area contributed by atoms with Crippen LogP contribution in [0.2, 0.25) is 5.02 Å². The molecule has 2 amide bonds. The number of hydrogen-bond acceptors (Lipinski definition) is 5. The van der Waals surface area contributed by atoms with Gasteiger partial charge in [-0.15, -0.1) is 0 Å². The molecule has 0 aliphatic heterocycles. The highest BCUT2D eigenvalue weighted by Gasteiger charge is 2.19. The lowest BCUT2D eigenvalue weighted by Crippen LogP contribution is -2.22. The van der Waals surface area contributed by atoms with Gasteiger partial charge in [0, 0.05) is 48.9 Å². The molecule has 0 saturated heterocycles. The molecule has 0 unspecified atom stereocenters. The van der Waals surface area contributed by atoms with E-state index in [0.29, 0.717) is 22.5 Å². The lowest BCUT2D eigenvalue weighted by molar-refractivity contribution is 0.262. The first kappa shape index (κ1) is 26.9. The van der Waals surface area contributed by atoms with Crippen molar-refractivity contribution in [2.45, 2.75) is 19.8 Å². The average Bonchev–Trinajstić information content (AvgIpc) is 3.36. The number of carbonyl (C=O) groups excluding carboxylic acids is 1. The Morgan fingerprint density at radius 2 is 1.77 bits per heavy atom. The second-order valence-corrected chi connectivity index (χ2v) is 9.96. The van der Waals surface area contributed by atoms with Gasteiger partial charge in [0.05, 0.1) is 27.6 Å². The molecule has 5 rings (SSSR count). The molecule has 0 aliphatic rings. The highest BCUT2D eigenvalue weighted by atomic mass is 35.5. The molecule has 0 saturated carbocycles. The second-order valence-electron chi connectivity index (χ2n) is 9.55. The van der Waals surface area contributed by atoms with E-state index in [4.69, 9.17) is 11.6 Å². The zero-order valence-electron chi connectivity index (χ0n) is 22.3. The average molecular weight is 560 g/mol. The Labute approximate surface area is 234 Å². The van der Waals surface area contributed by atoms with Gasteiger partial charge in [-0.05, 0) is 36.2 Å². The number of urea groups is 1. The van der Waals surface area contributed by atoms with E-state index in [1.165, 1.54) is 10.6 Å². The SMILES string of the molecule is CNc1cc2c(cn1)cc(-c1cc(NC(=O)Nc3cc(C(C)C)nn3-c3ccccc3)c(F)cc1Cl)c(=O)n2C. The molecule has 0 atom stereocenters. The Morgan fingerprint density at radius 1 is 1.02 bits per heavy atom. The maximum Gasteiger partial charge on any atom is 0.324 e. The van der Waals surface area contributed by atoms with Gasteiger partial charge < -0.3 is 15.2 Å². The van der Waals surface area contributed by atoms with E-state index in [9.17, 15) is 14.0 Å². The Kier molecular flexibility index (Phi) is 7.27. The van der Waals surface area contributed by atoms with Crippen molar-refractivity contribution in [3.8, 4) is 16.8 Å². The van der Waals surface area contributed by atoms with Crippen LogP contribution in [-0.4, -0.2) is 32.4 Å². The summed E-state index contributed by atoms with van der Waals surface area (Å²) in [5, 5.41) is 13.6. The summed E-state index contributed by atoms with van der Waals surface area (Å²) < 4.78 is 18.1. The molecule has 11 heteroatoms. The minimum absolute atomic E-state index is 0.0310. The molecule has 40 heavy (non-hydrogen) atoms. The molecule has 3 aromatic heterocycles. The number of halogens is 2. The number of pyridine rings is 2. The number of aromatic nitrogens is 4. The van der Waals surface area contributed by atoms with Crippen LogP contribution in [-0.2, 0) is 7.05 Å². The Bertz CT molecular complexity index is 1800. The molecule has 9 nitrogen and oxygen atoms in total. The van der Waals surface area contributed by atoms with Crippen LogP contribution < -0.4 is 21.5 Å². The fraction of sp³-hybridized carbons (Fsp3) is 0.172. The first-order valence-electron chi connectivity index (χ1n) is 12.6. The zero-order valence-corrected chi connectivity index (χ0v) is 23.0. The number of rotatable bonds is 6. The number of nitrogens with one attached hydrogen (secondary N) is 3. The van der Waals surface area contributed by atoms with Gasteiger partial charge in [0.2, 0.25) is 0 Å². The number of carbonyl (C=O) groups is 1. The lowest BCUT2D eigenvalue weighted by atomic mass is 10.0. The number of amides is 2. The van der Waals surface area contributed by atoms with Crippen molar-refractivity contribution in [2.75, 3.05) is 23.0 Å². The van der Waals surface area contributed by atoms with Crippen LogP contribution in [0.3, 0.4) is 0 Å². The summed E-state index contributed by atoms with van der Waals surface area (Å²) in [5.41, 5.74) is 2.24. The fourth-order valence-corrected chi connectivity index (χ4v) is 4.60. The molecule has 0 fully saturated rings. The van der Waals surface area contributed by atoms with Gasteiger partial charge >= 0.3 is 6.03 Å². The van der Waals surface area contributed by atoms with Crippen molar-refractivity contribution >= 4 is 45.9 Å². The number of aryl methyl sites for hydroxylation is 1. The number of benzene rings is 2. The predicted molar refractivity (Wildman–Crippen MR) is 157 cm³/mol. The van der Waals surface area contributed by atoms with Gasteiger partial charge in [-0.2, -0.15) is 5.10 Å². The smallest absolute Gasteiger partial charge is 0.324 e. The molecular weight excluding hydrogens is 533 g/mol. The summed E-state index contributed by atoms with van der Waals surface area (Å²) in [7, 11) is 3.38. The first-order valence-corrected chi connectivity index (χ1v) is 12.9. The van der Waals surface area contributed by atoms with Crippen molar-refractivity contribution in [3.05, 3.63) is 93.7 Å². The van der Waals surface area contributed by atoms with Gasteiger partial charge in [0.25, 0.3) is 5.56 Å². The van der Waals surface area contributed by atoms with Gasteiger partial charge in [0.15, 0.2) is 0 Å². The topological polar surface area (TPSA) is 106 Å². The molecule has 204 valence electrons. The third-order valence-electron chi connectivity index (χ3n) is 6.52. The predicted octanol–water partition coefficient (Wildman–Crippen LogP) is 6.39.